The molecule has 0 aliphatic carbocycles. The predicted molar refractivity (Wildman–Crippen MR) is 158 cm³/mol. The number of ether oxygens (including phenoxy) is 1. The van der Waals surface area contributed by atoms with Crippen LogP contribution < -0.4 is 26.8 Å². The number of anilines is 5. The van der Waals surface area contributed by atoms with E-state index in [0.717, 1.165) is 33.4 Å². The zero-order chi connectivity index (χ0) is 29.4. The van der Waals surface area contributed by atoms with E-state index < -0.39 is 0 Å². The number of aryl methyl sites for hydroxylation is 3. The Morgan fingerprint density at radius 1 is 1.17 bits per heavy atom. The third kappa shape index (κ3) is 5.62. The third-order valence-corrected chi connectivity index (χ3v) is 7.09. The second kappa shape index (κ2) is 10.9. The summed E-state index contributed by atoms with van der Waals surface area (Å²) in [6.45, 7) is 5.37. The van der Waals surface area contributed by atoms with Crippen molar-refractivity contribution in [3.8, 4) is 17.3 Å². The first-order valence-corrected chi connectivity index (χ1v) is 13.4. The molecule has 0 radical (unpaired) electrons. The number of nitrogens with one attached hydrogen (secondary N) is 3. The molecular weight excluding hydrogens is 538 g/mol. The van der Waals surface area contributed by atoms with E-state index in [0.29, 0.717) is 37.0 Å². The zero-order valence-corrected chi connectivity index (χ0v) is 23.4. The average Bonchev–Trinajstić information content (AvgIpc) is 3.64. The number of rotatable bonds is 8. The van der Waals surface area contributed by atoms with E-state index >= 15 is 0 Å². The largest absolute Gasteiger partial charge is 0.459 e. The molecule has 1 aliphatic rings. The van der Waals surface area contributed by atoms with Gasteiger partial charge < -0.3 is 31.8 Å². The number of nitrogen functional groups attached to an aromatic ring is 2. The van der Waals surface area contributed by atoms with E-state index in [-0.39, 0.29) is 36.5 Å². The van der Waals surface area contributed by atoms with Crippen LogP contribution in [0.25, 0.3) is 22.2 Å². The number of fused-ring (bicyclic) bond motifs is 1. The minimum atomic E-state index is -0.189. The number of amides is 1. The second-order valence-corrected chi connectivity index (χ2v) is 10.2. The molecule has 0 saturated carbocycles. The Bertz CT molecular complexity index is 1740. The zero-order valence-electron chi connectivity index (χ0n) is 23.4. The first-order chi connectivity index (χ1) is 20.2. The van der Waals surface area contributed by atoms with Crippen molar-refractivity contribution in [2.24, 2.45) is 7.05 Å². The van der Waals surface area contributed by atoms with Crippen LogP contribution in [-0.4, -0.2) is 76.2 Å². The molecule has 1 saturated heterocycles. The average molecular weight is 570 g/mol. The van der Waals surface area contributed by atoms with E-state index in [1.807, 2.05) is 56.3 Å². The molecule has 5 aromatic rings. The summed E-state index contributed by atoms with van der Waals surface area (Å²) < 4.78 is 7.59. The van der Waals surface area contributed by atoms with Crippen molar-refractivity contribution < 1.29 is 9.53 Å². The van der Waals surface area contributed by atoms with Crippen molar-refractivity contribution in [3.63, 3.8) is 0 Å². The molecule has 0 bridgehead atoms. The highest BCUT2D eigenvalue weighted by molar-refractivity contribution is 6.06. The minimum Gasteiger partial charge on any atom is -0.459 e. The first-order valence-electron chi connectivity index (χ1n) is 13.4. The lowest BCUT2D eigenvalue weighted by Gasteiger charge is -2.16. The Labute approximate surface area is 240 Å². The fourth-order valence-electron chi connectivity index (χ4n) is 4.99. The van der Waals surface area contributed by atoms with E-state index in [9.17, 15) is 4.79 Å². The van der Waals surface area contributed by atoms with E-state index in [1.165, 1.54) is 0 Å². The number of para-hydroxylation sites is 1. The maximum Gasteiger partial charge on any atom is 0.323 e. The Balaban J connectivity index is 1.14. The van der Waals surface area contributed by atoms with Crippen LogP contribution in [0.1, 0.15) is 17.7 Å². The number of H-pyrrole nitrogens is 1. The van der Waals surface area contributed by atoms with Crippen molar-refractivity contribution in [2.75, 3.05) is 41.7 Å². The lowest BCUT2D eigenvalue weighted by atomic mass is 10.1. The van der Waals surface area contributed by atoms with Crippen LogP contribution in [0, 0.1) is 13.8 Å². The van der Waals surface area contributed by atoms with Gasteiger partial charge in [0.1, 0.15) is 6.10 Å². The molecule has 216 valence electrons. The monoisotopic (exact) mass is 569 g/mol. The van der Waals surface area contributed by atoms with E-state index in [4.69, 9.17) is 21.2 Å². The minimum absolute atomic E-state index is 0.0000764. The molecule has 0 unspecified atom stereocenters. The van der Waals surface area contributed by atoms with Gasteiger partial charge in [-0.1, -0.05) is 12.1 Å². The highest BCUT2D eigenvalue weighted by atomic mass is 16.5. The number of carbonyl (C=O) groups excluding carboxylic acids is 1. The molecule has 15 nitrogen and oxygen atoms in total. The van der Waals surface area contributed by atoms with Gasteiger partial charge in [-0.25, -0.2) is 9.97 Å². The number of hydrogen-bond donors (Lipinski definition) is 5. The van der Waals surface area contributed by atoms with Gasteiger partial charge in [0.15, 0.2) is 5.82 Å². The van der Waals surface area contributed by atoms with Gasteiger partial charge in [0.25, 0.3) is 0 Å². The van der Waals surface area contributed by atoms with Gasteiger partial charge in [0.05, 0.1) is 23.4 Å². The predicted octanol–water partition coefficient (Wildman–Crippen LogP) is 2.16. The molecule has 42 heavy (non-hydrogen) atoms. The van der Waals surface area contributed by atoms with Gasteiger partial charge in [0, 0.05) is 55.2 Å². The maximum atomic E-state index is 13.0. The van der Waals surface area contributed by atoms with E-state index in [2.05, 4.69) is 40.7 Å². The van der Waals surface area contributed by atoms with Crippen LogP contribution >= 0.6 is 0 Å². The van der Waals surface area contributed by atoms with Crippen LogP contribution in [0.15, 0.2) is 36.7 Å². The van der Waals surface area contributed by atoms with Gasteiger partial charge in [-0.15, -0.1) is 0 Å². The Hall–Kier alpha value is -5.31. The maximum absolute atomic E-state index is 13.0. The molecule has 1 aliphatic heterocycles. The molecular formula is C27H31N13O2. The number of nitrogens with two attached hydrogens (primary N) is 2. The molecule has 7 N–H and O–H groups in total. The van der Waals surface area contributed by atoms with Crippen molar-refractivity contribution in [1.82, 2.24) is 44.6 Å². The smallest absolute Gasteiger partial charge is 0.323 e. The van der Waals surface area contributed by atoms with Crippen LogP contribution in [0.3, 0.4) is 0 Å². The van der Waals surface area contributed by atoms with E-state index in [1.54, 1.807) is 10.9 Å². The summed E-state index contributed by atoms with van der Waals surface area (Å²) in [6.07, 6.45) is 4.20. The topological polar surface area (TPSA) is 204 Å². The molecule has 1 fully saturated rings. The summed E-state index contributed by atoms with van der Waals surface area (Å²) in [4.78, 5) is 39.2. The SMILES string of the molecule is Cc1cnc(Nc2cc(C)n(C)n2)nc1-c1c[nH]c2c(NC(=O)CN3CC[C@H](Oc4nc(N)nc(N)n4)C3)cccc12. The molecule has 0 spiro atoms. The summed E-state index contributed by atoms with van der Waals surface area (Å²) in [6, 6.07) is 7.79. The third-order valence-electron chi connectivity index (χ3n) is 7.09. The quantitative estimate of drug-likeness (QED) is 0.182. The lowest BCUT2D eigenvalue weighted by molar-refractivity contribution is -0.117. The number of likely N-dealkylation sites (tertiary alicyclic amines) is 1. The highest BCUT2D eigenvalue weighted by Crippen LogP contribution is 2.33. The number of aromatic nitrogens is 8. The number of benzene rings is 1. The molecule has 15 heteroatoms. The number of nitrogens with zero attached hydrogens (tertiary/aromatic N) is 8. The molecule has 1 aromatic carbocycles. The van der Waals surface area contributed by atoms with Gasteiger partial charge in [-0.3, -0.25) is 14.4 Å². The fraction of sp³-hybridized carbons (Fsp3) is 0.296. The van der Waals surface area contributed by atoms with Crippen LogP contribution in [0.5, 0.6) is 6.01 Å². The molecule has 1 amide bonds. The van der Waals surface area contributed by atoms with Crippen molar-refractivity contribution in [3.05, 3.63) is 47.9 Å². The van der Waals surface area contributed by atoms with Crippen molar-refractivity contribution in [2.45, 2.75) is 26.4 Å². The first kappa shape index (κ1) is 26.9. The fourth-order valence-corrected chi connectivity index (χ4v) is 4.99. The molecule has 5 heterocycles. The number of carbonyl (C=O) groups is 1. The van der Waals surface area contributed by atoms with Crippen LogP contribution in [0.4, 0.5) is 29.4 Å². The van der Waals surface area contributed by atoms with Crippen molar-refractivity contribution in [1.29, 1.82) is 0 Å². The summed E-state index contributed by atoms with van der Waals surface area (Å²) in [5, 5.41) is 11.6. The summed E-state index contributed by atoms with van der Waals surface area (Å²) >= 11 is 0. The molecule has 4 aromatic heterocycles. The Morgan fingerprint density at radius 3 is 2.74 bits per heavy atom. The molecule has 6 rings (SSSR count). The Morgan fingerprint density at radius 2 is 1.98 bits per heavy atom. The van der Waals surface area contributed by atoms with Gasteiger partial charge in [0.2, 0.25) is 23.8 Å². The highest BCUT2D eigenvalue weighted by Gasteiger charge is 2.27. The van der Waals surface area contributed by atoms with Crippen LogP contribution in [-0.2, 0) is 11.8 Å². The second-order valence-electron chi connectivity index (χ2n) is 10.2. The lowest BCUT2D eigenvalue weighted by Crippen LogP contribution is -2.33. The van der Waals surface area contributed by atoms with Crippen LogP contribution in [0.2, 0.25) is 0 Å². The summed E-state index contributed by atoms with van der Waals surface area (Å²) in [5.74, 6) is 0.982. The van der Waals surface area contributed by atoms with Gasteiger partial charge in [-0.05, 0) is 31.9 Å². The Kier molecular flexibility index (Phi) is 7.00. The number of aromatic amines is 1. The van der Waals surface area contributed by atoms with Crippen molar-refractivity contribution >= 4 is 46.2 Å². The summed E-state index contributed by atoms with van der Waals surface area (Å²) in [7, 11) is 1.88. The number of hydrogen-bond acceptors (Lipinski definition) is 12. The van der Waals surface area contributed by atoms with Gasteiger partial charge in [-0.2, -0.15) is 20.1 Å². The standard InChI is InChI=1S/C27H31N13O2/c1-14-10-31-26(33-20-9-15(2)39(3)38-20)34-22(14)18-11-30-23-17(18)5-4-6-19(23)32-21(41)13-40-8-7-16(12-40)42-27-36-24(28)35-25(29)37-27/h4-6,9-11,16,30H,7-8,12-13H2,1-3H3,(H,32,41)(H,31,33,34,38)(H4,28,29,35,36,37)/t16-/m0/s1. The summed E-state index contributed by atoms with van der Waals surface area (Å²) in [5.41, 5.74) is 16.3. The molecule has 1 atom stereocenters. The van der Waals surface area contributed by atoms with Gasteiger partial charge >= 0.3 is 6.01 Å². The normalized spacial score (nSPS) is 15.3.